The van der Waals surface area contributed by atoms with Gasteiger partial charge in [0.25, 0.3) is 0 Å². The SMILES string of the molecule is CC(C)CS(=O)(=O)CCC(=O)N(C)C1CC2CCC(C1)N2. The second kappa shape index (κ2) is 6.65. The van der Waals surface area contributed by atoms with Crippen LogP contribution in [0.15, 0.2) is 0 Å². The van der Waals surface area contributed by atoms with Crippen LogP contribution in [-0.4, -0.2) is 55.9 Å². The van der Waals surface area contributed by atoms with Crippen molar-refractivity contribution >= 4 is 15.7 Å². The summed E-state index contributed by atoms with van der Waals surface area (Å²) < 4.78 is 23.8. The first-order valence-corrected chi connectivity index (χ1v) is 9.81. The summed E-state index contributed by atoms with van der Waals surface area (Å²) in [5.74, 6) is 0.227. The molecule has 2 aliphatic heterocycles. The zero-order chi connectivity index (χ0) is 15.6. The number of hydrogen-bond donors (Lipinski definition) is 1. The van der Waals surface area contributed by atoms with Gasteiger partial charge in [0, 0.05) is 31.6 Å². The predicted molar refractivity (Wildman–Crippen MR) is 83.8 cm³/mol. The highest BCUT2D eigenvalue weighted by Crippen LogP contribution is 2.29. The fourth-order valence-electron chi connectivity index (χ4n) is 3.56. The van der Waals surface area contributed by atoms with Crippen molar-refractivity contribution in [2.45, 2.75) is 64.1 Å². The second-order valence-electron chi connectivity index (χ2n) is 7.03. The minimum absolute atomic E-state index is 0.0216. The highest BCUT2D eigenvalue weighted by molar-refractivity contribution is 7.91. The molecule has 0 saturated carbocycles. The molecule has 21 heavy (non-hydrogen) atoms. The number of piperidine rings is 1. The Hall–Kier alpha value is -0.620. The van der Waals surface area contributed by atoms with Gasteiger partial charge in [-0.1, -0.05) is 13.8 Å². The summed E-state index contributed by atoms with van der Waals surface area (Å²) in [4.78, 5) is 14.0. The lowest BCUT2D eigenvalue weighted by molar-refractivity contribution is -0.132. The van der Waals surface area contributed by atoms with Gasteiger partial charge in [-0.3, -0.25) is 4.79 Å². The topological polar surface area (TPSA) is 66.5 Å². The largest absolute Gasteiger partial charge is 0.343 e. The highest BCUT2D eigenvalue weighted by Gasteiger charge is 2.36. The molecule has 0 aliphatic carbocycles. The average molecular weight is 316 g/mol. The molecule has 2 aliphatic rings. The van der Waals surface area contributed by atoms with Gasteiger partial charge >= 0.3 is 0 Å². The van der Waals surface area contributed by atoms with Crippen molar-refractivity contribution in [2.24, 2.45) is 5.92 Å². The summed E-state index contributed by atoms with van der Waals surface area (Å²) in [6.07, 6.45) is 4.51. The predicted octanol–water partition coefficient (Wildman–Crippen LogP) is 1.19. The maximum Gasteiger partial charge on any atom is 0.223 e. The van der Waals surface area contributed by atoms with E-state index in [0.29, 0.717) is 12.1 Å². The van der Waals surface area contributed by atoms with E-state index in [1.807, 2.05) is 20.9 Å². The number of nitrogens with one attached hydrogen (secondary N) is 1. The van der Waals surface area contributed by atoms with E-state index in [-0.39, 0.29) is 35.8 Å². The van der Waals surface area contributed by atoms with E-state index in [1.54, 1.807) is 4.90 Å². The summed E-state index contributed by atoms with van der Waals surface area (Å²) in [7, 11) is -1.28. The first-order valence-electron chi connectivity index (χ1n) is 7.99. The molecule has 2 heterocycles. The summed E-state index contributed by atoms with van der Waals surface area (Å²) in [6, 6.07) is 1.34. The monoisotopic (exact) mass is 316 g/mol. The maximum absolute atomic E-state index is 12.2. The fraction of sp³-hybridized carbons (Fsp3) is 0.933. The smallest absolute Gasteiger partial charge is 0.223 e. The fourth-order valence-corrected chi connectivity index (χ4v) is 5.23. The van der Waals surface area contributed by atoms with Gasteiger partial charge in [0.05, 0.1) is 11.5 Å². The van der Waals surface area contributed by atoms with Crippen molar-refractivity contribution < 1.29 is 13.2 Å². The molecule has 2 fully saturated rings. The van der Waals surface area contributed by atoms with Gasteiger partial charge in [-0.15, -0.1) is 0 Å². The number of rotatable bonds is 6. The van der Waals surface area contributed by atoms with Crippen LogP contribution in [-0.2, 0) is 14.6 Å². The molecule has 5 nitrogen and oxygen atoms in total. The Labute approximate surface area is 128 Å². The van der Waals surface area contributed by atoms with Crippen molar-refractivity contribution in [1.29, 1.82) is 0 Å². The Morgan fingerprint density at radius 1 is 1.24 bits per heavy atom. The molecule has 2 saturated heterocycles. The Morgan fingerprint density at radius 2 is 1.81 bits per heavy atom. The van der Waals surface area contributed by atoms with Gasteiger partial charge in [-0.05, 0) is 31.6 Å². The van der Waals surface area contributed by atoms with Crippen LogP contribution in [0.4, 0.5) is 0 Å². The molecule has 0 aromatic carbocycles. The summed E-state index contributed by atoms with van der Waals surface area (Å²) >= 11 is 0. The summed E-state index contributed by atoms with van der Waals surface area (Å²) in [5.41, 5.74) is 0. The average Bonchev–Trinajstić information content (AvgIpc) is 2.72. The van der Waals surface area contributed by atoms with E-state index < -0.39 is 9.84 Å². The quantitative estimate of drug-likeness (QED) is 0.799. The van der Waals surface area contributed by atoms with E-state index in [9.17, 15) is 13.2 Å². The second-order valence-corrected chi connectivity index (χ2v) is 9.25. The lowest BCUT2D eigenvalue weighted by Gasteiger charge is -2.35. The van der Waals surface area contributed by atoms with Crippen LogP contribution >= 0.6 is 0 Å². The maximum atomic E-state index is 12.2. The van der Waals surface area contributed by atoms with E-state index in [0.717, 1.165) is 12.8 Å². The third kappa shape index (κ3) is 4.68. The number of fused-ring (bicyclic) bond motifs is 2. The minimum atomic E-state index is -3.11. The van der Waals surface area contributed by atoms with Crippen LogP contribution in [0.3, 0.4) is 0 Å². The molecule has 2 atom stereocenters. The minimum Gasteiger partial charge on any atom is -0.343 e. The number of sulfone groups is 1. The molecule has 1 amide bonds. The van der Waals surface area contributed by atoms with Gasteiger partial charge in [0.15, 0.2) is 9.84 Å². The highest BCUT2D eigenvalue weighted by atomic mass is 32.2. The van der Waals surface area contributed by atoms with Crippen LogP contribution < -0.4 is 5.32 Å². The number of hydrogen-bond acceptors (Lipinski definition) is 4. The van der Waals surface area contributed by atoms with Crippen molar-refractivity contribution in [3.8, 4) is 0 Å². The third-order valence-electron chi connectivity index (χ3n) is 4.60. The molecule has 1 N–H and O–H groups in total. The van der Waals surface area contributed by atoms with E-state index >= 15 is 0 Å². The van der Waals surface area contributed by atoms with Crippen LogP contribution in [0, 0.1) is 5.92 Å². The number of carbonyl (C=O) groups is 1. The van der Waals surface area contributed by atoms with Crippen molar-refractivity contribution in [3.05, 3.63) is 0 Å². The molecule has 2 bridgehead atoms. The van der Waals surface area contributed by atoms with E-state index in [4.69, 9.17) is 0 Å². The number of nitrogens with zero attached hydrogens (tertiary/aromatic N) is 1. The van der Waals surface area contributed by atoms with Crippen LogP contribution in [0.1, 0.15) is 46.0 Å². The summed E-state index contributed by atoms with van der Waals surface area (Å²) in [5, 5.41) is 3.56. The molecule has 0 aromatic rings. The zero-order valence-electron chi connectivity index (χ0n) is 13.3. The lowest BCUT2D eigenvalue weighted by atomic mass is 9.98. The van der Waals surface area contributed by atoms with E-state index in [2.05, 4.69) is 5.32 Å². The Kier molecular flexibility index (Phi) is 5.30. The number of carbonyl (C=O) groups excluding carboxylic acids is 1. The molecule has 122 valence electrons. The lowest BCUT2D eigenvalue weighted by Crippen LogP contribution is -2.49. The normalized spacial score (nSPS) is 28.9. The first-order chi connectivity index (χ1) is 9.77. The molecule has 6 heteroatoms. The van der Waals surface area contributed by atoms with Crippen molar-refractivity contribution in [1.82, 2.24) is 10.2 Å². The van der Waals surface area contributed by atoms with E-state index in [1.165, 1.54) is 12.8 Å². The molecule has 2 unspecified atom stereocenters. The van der Waals surface area contributed by atoms with Gasteiger partial charge in [-0.25, -0.2) is 8.42 Å². The van der Waals surface area contributed by atoms with Gasteiger partial charge < -0.3 is 10.2 Å². The van der Waals surface area contributed by atoms with Gasteiger partial charge in [0.2, 0.25) is 5.91 Å². The zero-order valence-corrected chi connectivity index (χ0v) is 14.2. The van der Waals surface area contributed by atoms with Crippen molar-refractivity contribution in [3.63, 3.8) is 0 Å². The van der Waals surface area contributed by atoms with Crippen LogP contribution in [0.2, 0.25) is 0 Å². The molecular formula is C15H28N2O3S. The first kappa shape index (κ1) is 16.7. The molecule has 0 spiro atoms. The summed E-state index contributed by atoms with van der Waals surface area (Å²) in [6.45, 7) is 3.77. The van der Waals surface area contributed by atoms with Crippen LogP contribution in [0.5, 0.6) is 0 Å². The van der Waals surface area contributed by atoms with Crippen molar-refractivity contribution in [2.75, 3.05) is 18.6 Å². The molecule has 2 rings (SSSR count). The molecule has 0 radical (unpaired) electrons. The molecule has 0 aromatic heterocycles. The Balaban J connectivity index is 1.83. The van der Waals surface area contributed by atoms with Crippen LogP contribution in [0.25, 0.3) is 0 Å². The van der Waals surface area contributed by atoms with Gasteiger partial charge in [0.1, 0.15) is 0 Å². The Morgan fingerprint density at radius 3 is 2.33 bits per heavy atom. The van der Waals surface area contributed by atoms with Gasteiger partial charge in [-0.2, -0.15) is 0 Å². The number of amides is 1. The standard InChI is InChI=1S/C15H28N2O3S/c1-11(2)10-21(19,20)7-6-15(18)17(3)14-8-12-4-5-13(9-14)16-12/h11-14,16H,4-10H2,1-3H3. The Bertz CT molecular complexity index is 463. The molecular weight excluding hydrogens is 288 g/mol. The third-order valence-corrected chi connectivity index (χ3v) is 6.60.